The van der Waals surface area contributed by atoms with Crippen LogP contribution < -0.4 is 0 Å². The molecule has 0 saturated carbocycles. The minimum Gasteiger partial charge on any atom is -0.469 e. The van der Waals surface area contributed by atoms with E-state index in [0.29, 0.717) is 39.5 Å². The topological polar surface area (TPSA) is 81.7 Å². The Morgan fingerprint density at radius 3 is 1.44 bits per heavy atom. The van der Waals surface area contributed by atoms with Gasteiger partial charge in [-0.2, -0.15) is 0 Å². The standard InChI is InChI=1S/C53H72O8/c1-3-4-5-24-35-47(36-25-10-8-6-7-9-11-26-37-49(54)55-2)60-53-52(59-41-46-33-22-15-23-34-46)51(58-40-45-31-20-14-21-32-45)50(57-39-44-29-18-13-19-30-44)48(61-53)42-56-38-43-27-16-12-17-28-43/h12-23,27-34,47-48,50-53H,3-11,24-26,35-42H2,1-2H3/t47?,48-,50-,51+,52-,53+/m1/s1. The van der Waals surface area contributed by atoms with E-state index in [-0.39, 0.29) is 12.1 Å². The molecule has 1 fully saturated rings. The van der Waals surface area contributed by atoms with Gasteiger partial charge in [0.05, 0.1) is 46.2 Å². The molecule has 332 valence electrons. The molecule has 1 heterocycles. The van der Waals surface area contributed by atoms with Crippen LogP contribution in [0.2, 0.25) is 0 Å². The fraction of sp³-hybridized carbons (Fsp3) is 0.528. The van der Waals surface area contributed by atoms with Gasteiger partial charge in [0, 0.05) is 6.42 Å². The van der Waals surface area contributed by atoms with Gasteiger partial charge in [0.15, 0.2) is 6.29 Å². The third-order valence-corrected chi connectivity index (χ3v) is 11.4. The van der Waals surface area contributed by atoms with Crippen LogP contribution in [0.4, 0.5) is 0 Å². The van der Waals surface area contributed by atoms with Crippen LogP contribution in [0.5, 0.6) is 0 Å². The highest BCUT2D eigenvalue weighted by atomic mass is 16.7. The van der Waals surface area contributed by atoms with Crippen molar-refractivity contribution in [3.8, 4) is 0 Å². The summed E-state index contributed by atoms with van der Waals surface area (Å²) in [5, 5.41) is 0. The normalized spacial score (nSPS) is 19.4. The second kappa shape index (κ2) is 29.4. The quantitative estimate of drug-likeness (QED) is 0.0366. The van der Waals surface area contributed by atoms with Gasteiger partial charge in [-0.1, -0.05) is 199 Å². The highest BCUT2D eigenvalue weighted by molar-refractivity contribution is 5.68. The van der Waals surface area contributed by atoms with Gasteiger partial charge in [-0.05, 0) is 41.5 Å². The number of ether oxygens (including phenoxy) is 7. The van der Waals surface area contributed by atoms with Gasteiger partial charge in [0.2, 0.25) is 0 Å². The first kappa shape index (κ1) is 48.1. The smallest absolute Gasteiger partial charge is 0.305 e. The molecule has 4 aromatic rings. The van der Waals surface area contributed by atoms with Gasteiger partial charge in [-0.3, -0.25) is 4.79 Å². The van der Waals surface area contributed by atoms with Gasteiger partial charge >= 0.3 is 5.97 Å². The molecule has 4 aromatic carbocycles. The molecule has 1 unspecified atom stereocenters. The molecule has 1 aliphatic rings. The van der Waals surface area contributed by atoms with Crippen LogP contribution in [0.25, 0.3) is 0 Å². The molecule has 8 nitrogen and oxygen atoms in total. The zero-order chi connectivity index (χ0) is 42.6. The van der Waals surface area contributed by atoms with E-state index < -0.39 is 30.7 Å². The van der Waals surface area contributed by atoms with Gasteiger partial charge in [0.1, 0.15) is 24.4 Å². The molecule has 0 spiro atoms. The Labute approximate surface area is 366 Å². The number of hydrogen-bond acceptors (Lipinski definition) is 8. The maximum absolute atomic E-state index is 11.4. The Hall–Kier alpha value is -3.89. The predicted octanol–water partition coefficient (Wildman–Crippen LogP) is 12.1. The fourth-order valence-electron chi connectivity index (χ4n) is 7.93. The molecule has 0 radical (unpaired) electrons. The molecule has 1 aliphatic heterocycles. The highest BCUT2D eigenvalue weighted by Gasteiger charge is 2.49. The molecule has 6 atom stereocenters. The first-order valence-corrected chi connectivity index (χ1v) is 23.1. The number of methoxy groups -OCH3 is 1. The predicted molar refractivity (Wildman–Crippen MR) is 242 cm³/mol. The van der Waals surface area contributed by atoms with E-state index in [4.69, 9.17) is 33.2 Å². The maximum Gasteiger partial charge on any atom is 0.305 e. The number of carbonyl (C=O) groups is 1. The number of hydrogen-bond donors (Lipinski definition) is 0. The van der Waals surface area contributed by atoms with Crippen molar-refractivity contribution in [2.75, 3.05) is 13.7 Å². The molecule has 0 N–H and O–H groups in total. The maximum atomic E-state index is 11.4. The second-order valence-corrected chi connectivity index (χ2v) is 16.4. The molecule has 1 saturated heterocycles. The van der Waals surface area contributed by atoms with Gasteiger partial charge < -0.3 is 33.2 Å². The summed E-state index contributed by atoms with van der Waals surface area (Å²) in [5.41, 5.74) is 4.30. The van der Waals surface area contributed by atoms with E-state index in [1.54, 1.807) is 0 Å². The lowest BCUT2D eigenvalue weighted by Crippen LogP contribution is -2.62. The molecule has 0 aromatic heterocycles. The Morgan fingerprint density at radius 1 is 0.525 bits per heavy atom. The number of rotatable bonds is 31. The van der Waals surface area contributed by atoms with E-state index in [1.807, 2.05) is 72.8 Å². The van der Waals surface area contributed by atoms with Gasteiger partial charge in [0.25, 0.3) is 0 Å². The lowest BCUT2D eigenvalue weighted by atomic mass is 9.97. The highest BCUT2D eigenvalue weighted by Crippen LogP contribution is 2.33. The summed E-state index contributed by atoms with van der Waals surface area (Å²) < 4.78 is 46.3. The summed E-state index contributed by atoms with van der Waals surface area (Å²) in [5.74, 6) is -0.113. The van der Waals surface area contributed by atoms with Crippen LogP contribution >= 0.6 is 0 Å². The van der Waals surface area contributed by atoms with Crippen molar-refractivity contribution in [3.63, 3.8) is 0 Å². The minimum absolute atomic E-state index is 0.00505. The number of unbranched alkanes of at least 4 members (excludes halogenated alkanes) is 10. The summed E-state index contributed by atoms with van der Waals surface area (Å²) in [7, 11) is 1.46. The van der Waals surface area contributed by atoms with E-state index in [0.717, 1.165) is 73.6 Å². The van der Waals surface area contributed by atoms with Crippen molar-refractivity contribution in [2.24, 2.45) is 0 Å². The number of esters is 1. The van der Waals surface area contributed by atoms with Crippen molar-refractivity contribution in [2.45, 2.75) is 166 Å². The molecule has 8 heteroatoms. The van der Waals surface area contributed by atoms with Crippen molar-refractivity contribution in [1.29, 1.82) is 0 Å². The number of carbonyl (C=O) groups excluding carboxylic acids is 1. The van der Waals surface area contributed by atoms with Crippen molar-refractivity contribution in [1.82, 2.24) is 0 Å². The summed E-state index contributed by atoms with van der Waals surface area (Å²) in [6.45, 7) is 4.16. The fourth-order valence-corrected chi connectivity index (χ4v) is 7.93. The molecule has 0 amide bonds. The Bertz CT molecular complexity index is 1670. The molecule has 61 heavy (non-hydrogen) atoms. The van der Waals surface area contributed by atoms with Crippen LogP contribution in [0.1, 0.15) is 125 Å². The Kier molecular flexibility index (Phi) is 23.2. The zero-order valence-electron chi connectivity index (χ0n) is 36.9. The Morgan fingerprint density at radius 2 is 0.951 bits per heavy atom. The van der Waals surface area contributed by atoms with Gasteiger partial charge in [-0.25, -0.2) is 0 Å². The van der Waals surface area contributed by atoms with E-state index >= 15 is 0 Å². The summed E-state index contributed by atoms with van der Waals surface area (Å²) in [6.07, 6.45) is 13.3. The molecular formula is C53H72O8. The van der Waals surface area contributed by atoms with Crippen LogP contribution in [0.3, 0.4) is 0 Å². The molecule has 0 aliphatic carbocycles. The average Bonchev–Trinajstić information content (AvgIpc) is 3.30. The van der Waals surface area contributed by atoms with Crippen molar-refractivity contribution < 1.29 is 38.0 Å². The second-order valence-electron chi connectivity index (χ2n) is 16.4. The molecule has 5 rings (SSSR count). The van der Waals surface area contributed by atoms with Crippen molar-refractivity contribution in [3.05, 3.63) is 144 Å². The summed E-state index contributed by atoms with van der Waals surface area (Å²) in [6, 6.07) is 41.0. The zero-order valence-corrected chi connectivity index (χ0v) is 36.9. The van der Waals surface area contributed by atoms with Crippen LogP contribution in [-0.4, -0.2) is 56.5 Å². The van der Waals surface area contributed by atoms with Crippen LogP contribution in [0.15, 0.2) is 121 Å². The first-order valence-electron chi connectivity index (χ1n) is 23.1. The van der Waals surface area contributed by atoms with E-state index in [9.17, 15) is 4.79 Å². The number of benzene rings is 4. The van der Waals surface area contributed by atoms with E-state index in [2.05, 4.69) is 55.5 Å². The SMILES string of the molecule is CCCCCCC(CCCCCCCCCCC(=O)OC)O[C@H]1O[C@H](COCc2ccccc2)[C@@H](OCc2ccccc2)[C@H](OCc2ccccc2)[C@H]1OCc1ccccc1. The molecular weight excluding hydrogens is 765 g/mol. The Balaban J connectivity index is 1.35. The largest absolute Gasteiger partial charge is 0.469 e. The third kappa shape index (κ3) is 18.5. The summed E-state index contributed by atoms with van der Waals surface area (Å²) >= 11 is 0. The van der Waals surface area contributed by atoms with Crippen LogP contribution in [0, 0.1) is 0 Å². The summed E-state index contributed by atoms with van der Waals surface area (Å²) in [4.78, 5) is 11.4. The van der Waals surface area contributed by atoms with Gasteiger partial charge in [-0.15, -0.1) is 0 Å². The lowest BCUT2D eigenvalue weighted by molar-refractivity contribution is -0.337. The van der Waals surface area contributed by atoms with E-state index in [1.165, 1.54) is 45.6 Å². The average molecular weight is 837 g/mol. The van der Waals surface area contributed by atoms with Crippen LogP contribution in [-0.2, 0) is 64.4 Å². The lowest BCUT2D eigenvalue weighted by Gasteiger charge is -2.46. The minimum atomic E-state index is -0.701. The molecule has 0 bridgehead atoms. The first-order chi connectivity index (χ1) is 30.1. The third-order valence-electron chi connectivity index (χ3n) is 11.4. The monoisotopic (exact) mass is 837 g/mol. The van der Waals surface area contributed by atoms with Crippen molar-refractivity contribution >= 4 is 5.97 Å².